The van der Waals surface area contributed by atoms with E-state index in [1.165, 1.54) is 56.9 Å². The molecular weight excluding hydrogens is 206 g/mol. The highest BCUT2D eigenvalue weighted by molar-refractivity contribution is 4.96. The lowest BCUT2D eigenvalue weighted by atomic mass is 9.99. The zero-order valence-corrected chi connectivity index (χ0v) is 12.4. The Bertz CT molecular complexity index is 174. The van der Waals surface area contributed by atoms with Crippen LogP contribution in [0.25, 0.3) is 0 Å². The quantitative estimate of drug-likeness (QED) is 0.370. The van der Waals surface area contributed by atoms with Gasteiger partial charge in [0.25, 0.3) is 0 Å². The molecule has 0 rings (SSSR count). The third kappa shape index (κ3) is 10.6. The van der Waals surface area contributed by atoms with Gasteiger partial charge in [-0.2, -0.15) is 0 Å². The number of unbranched alkanes of at least 4 members (excludes halogenated alkanes) is 4. The molecule has 0 saturated heterocycles. The highest BCUT2D eigenvalue weighted by Gasteiger charge is 2.08. The summed E-state index contributed by atoms with van der Waals surface area (Å²) in [6.45, 7) is 12.0. The normalized spacial score (nSPS) is 12.6. The molecule has 0 aromatic carbocycles. The Balaban J connectivity index is 3.72. The van der Waals surface area contributed by atoms with Crippen molar-refractivity contribution in [1.82, 2.24) is 5.32 Å². The summed E-state index contributed by atoms with van der Waals surface area (Å²) in [5.74, 6) is 0. The van der Waals surface area contributed by atoms with Gasteiger partial charge in [0.2, 0.25) is 0 Å². The number of nitrogens with one attached hydrogen (secondary N) is 1. The predicted octanol–water partition coefficient (Wildman–Crippen LogP) is 5.07. The van der Waals surface area contributed by atoms with E-state index in [0.717, 1.165) is 13.0 Å². The van der Waals surface area contributed by atoms with Crippen LogP contribution < -0.4 is 5.32 Å². The maximum atomic E-state index is 4.14. The Morgan fingerprint density at radius 2 is 1.71 bits per heavy atom. The van der Waals surface area contributed by atoms with E-state index in [1.807, 2.05) is 0 Å². The molecule has 0 aromatic heterocycles. The molecule has 0 amide bonds. The Kier molecular flexibility index (Phi) is 12.0. The lowest BCUT2D eigenvalue weighted by Crippen LogP contribution is -2.30. The van der Waals surface area contributed by atoms with Crippen molar-refractivity contribution >= 4 is 0 Å². The van der Waals surface area contributed by atoms with Gasteiger partial charge in [-0.1, -0.05) is 65.0 Å². The molecule has 1 unspecified atom stereocenters. The maximum Gasteiger partial charge on any atom is 0.0104 e. The van der Waals surface area contributed by atoms with Crippen LogP contribution in [0.3, 0.4) is 0 Å². The molecule has 0 heterocycles. The molecule has 0 fully saturated rings. The van der Waals surface area contributed by atoms with Crippen molar-refractivity contribution in [3.05, 3.63) is 12.2 Å². The fourth-order valence-electron chi connectivity index (χ4n) is 2.11. The smallest absolute Gasteiger partial charge is 0.0104 e. The van der Waals surface area contributed by atoms with Gasteiger partial charge in [-0.25, -0.2) is 0 Å². The van der Waals surface area contributed by atoms with Gasteiger partial charge >= 0.3 is 0 Å². The molecule has 1 atom stereocenters. The largest absolute Gasteiger partial charge is 0.314 e. The predicted molar refractivity (Wildman–Crippen MR) is 79.5 cm³/mol. The molecule has 1 heteroatoms. The van der Waals surface area contributed by atoms with Crippen LogP contribution in [-0.4, -0.2) is 12.6 Å². The van der Waals surface area contributed by atoms with E-state index in [4.69, 9.17) is 0 Å². The highest BCUT2D eigenvalue weighted by atomic mass is 14.9. The molecular formula is C16H33N. The van der Waals surface area contributed by atoms with E-state index in [-0.39, 0.29) is 0 Å². The fourth-order valence-corrected chi connectivity index (χ4v) is 2.11. The molecule has 1 nitrogen and oxygen atoms in total. The van der Waals surface area contributed by atoms with Gasteiger partial charge in [0.15, 0.2) is 0 Å². The monoisotopic (exact) mass is 239 g/mol. The molecule has 102 valence electrons. The zero-order valence-electron chi connectivity index (χ0n) is 12.4. The molecule has 0 aliphatic heterocycles. The first-order valence-electron chi connectivity index (χ1n) is 7.64. The van der Waals surface area contributed by atoms with Crippen LogP contribution in [0.15, 0.2) is 12.2 Å². The minimum absolute atomic E-state index is 0.670. The van der Waals surface area contributed by atoms with Crippen molar-refractivity contribution in [3.8, 4) is 0 Å². The lowest BCUT2D eigenvalue weighted by molar-refractivity contribution is 0.448. The minimum atomic E-state index is 0.670. The summed E-state index contributed by atoms with van der Waals surface area (Å²) in [7, 11) is 0. The third-order valence-electron chi connectivity index (χ3n) is 3.37. The summed E-state index contributed by atoms with van der Waals surface area (Å²) in [5, 5.41) is 3.66. The van der Waals surface area contributed by atoms with Crippen LogP contribution >= 0.6 is 0 Å². The van der Waals surface area contributed by atoms with Crippen LogP contribution in [-0.2, 0) is 0 Å². The fraction of sp³-hybridized carbons (Fsp3) is 0.875. The second kappa shape index (κ2) is 12.2. The highest BCUT2D eigenvalue weighted by Crippen LogP contribution is 2.14. The first-order valence-corrected chi connectivity index (χ1v) is 7.64. The second-order valence-corrected chi connectivity index (χ2v) is 5.16. The van der Waals surface area contributed by atoms with Crippen LogP contribution in [0, 0.1) is 0 Å². The van der Waals surface area contributed by atoms with E-state index in [1.54, 1.807) is 0 Å². The average molecular weight is 239 g/mol. The number of rotatable bonds is 12. The topological polar surface area (TPSA) is 12.0 Å². The summed E-state index contributed by atoms with van der Waals surface area (Å²) in [4.78, 5) is 0. The Hall–Kier alpha value is -0.300. The Morgan fingerprint density at radius 1 is 1.00 bits per heavy atom. The number of hydrogen-bond acceptors (Lipinski definition) is 1. The maximum absolute atomic E-state index is 4.14. The minimum Gasteiger partial charge on any atom is -0.314 e. The van der Waals surface area contributed by atoms with Gasteiger partial charge in [0.1, 0.15) is 0 Å². The van der Waals surface area contributed by atoms with E-state index in [9.17, 15) is 0 Å². The first kappa shape index (κ1) is 16.7. The summed E-state index contributed by atoms with van der Waals surface area (Å²) in [6.07, 6.45) is 11.8. The lowest BCUT2D eigenvalue weighted by Gasteiger charge is -2.19. The van der Waals surface area contributed by atoms with Crippen molar-refractivity contribution in [2.75, 3.05) is 6.54 Å². The summed E-state index contributed by atoms with van der Waals surface area (Å²) < 4.78 is 0. The summed E-state index contributed by atoms with van der Waals surface area (Å²) in [5.41, 5.74) is 1.40. The molecule has 0 aliphatic rings. The Labute approximate surface area is 109 Å². The SMILES string of the molecule is C=C(CC)CC(CCCCCCC)NCCC. The average Bonchev–Trinajstić information content (AvgIpc) is 2.35. The van der Waals surface area contributed by atoms with Crippen molar-refractivity contribution in [2.24, 2.45) is 0 Å². The molecule has 0 radical (unpaired) electrons. The molecule has 0 aliphatic carbocycles. The van der Waals surface area contributed by atoms with Gasteiger partial charge in [-0.3, -0.25) is 0 Å². The van der Waals surface area contributed by atoms with Crippen molar-refractivity contribution in [1.29, 1.82) is 0 Å². The zero-order chi connectivity index (χ0) is 12.9. The van der Waals surface area contributed by atoms with E-state index in [0.29, 0.717) is 6.04 Å². The van der Waals surface area contributed by atoms with Gasteiger partial charge < -0.3 is 5.32 Å². The van der Waals surface area contributed by atoms with E-state index < -0.39 is 0 Å². The van der Waals surface area contributed by atoms with Crippen LogP contribution in [0.4, 0.5) is 0 Å². The summed E-state index contributed by atoms with van der Waals surface area (Å²) >= 11 is 0. The molecule has 0 aromatic rings. The van der Waals surface area contributed by atoms with Crippen molar-refractivity contribution in [2.45, 2.75) is 84.6 Å². The van der Waals surface area contributed by atoms with E-state index >= 15 is 0 Å². The van der Waals surface area contributed by atoms with Crippen LogP contribution in [0.5, 0.6) is 0 Å². The second-order valence-electron chi connectivity index (χ2n) is 5.16. The molecule has 0 bridgehead atoms. The van der Waals surface area contributed by atoms with Crippen LogP contribution in [0.2, 0.25) is 0 Å². The van der Waals surface area contributed by atoms with Crippen LogP contribution in [0.1, 0.15) is 78.6 Å². The molecule has 0 spiro atoms. The summed E-state index contributed by atoms with van der Waals surface area (Å²) in [6, 6.07) is 0.670. The first-order chi connectivity index (χ1) is 8.24. The molecule has 0 saturated carbocycles. The van der Waals surface area contributed by atoms with Gasteiger partial charge in [-0.15, -0.1) is 0 Å². The number of hydrogen-bond donors (Lipinski definition) is 1. The van der Waals surface area contributed by atoms with Crippen molar-refractivity contribution < 1.29 is 0 Å². The standard InChI is InChI=1S/C16H33N/c1-5-8-9-10-11-12-16(17-13-6-2)14-15(4)7-3/h16-17H,4-14H2,1-3H3. The third-order valence-corrected chi connectivity index (χ3v) is 3.37. The van der Waals surface area contributed by atoms with Crippen molar-refractivity contribution in [3.63, 3.8) is 0 Å². The molecule has 1 N–H and O–H groups in total. The Morgan fingerprint density at radius 3 is 2.29 bits per heavy atom. The van der Waals surface area contributed by atoms with Gasteiger partial charge in [-0.05, 0) is 32.2 Å². The van der Waals surface area contributed by atoms with E-state index in [2.05, 4.69) is 32.7 Å². The van der Waals surface area contributed by atoms with Gasteiger partial charge in [0.05, 0.1) is 0 Å². The van der Waals surface area contributed by atoms with Gasteiger partial charge in [0, 0.05) is 6.04 Å². The molecule has 17 heavy (non-hydrogen) atoms.